The second-order valence-electron chi connectivity index (χ2n) is 5.05. The molecule has 2 N–H and O–H groups in total. The highest BCUT2D eigenvalue weighted by molar-refractivity contribution is 7.80. The lowest BCUT2D eigenvalue weighted by molar-refractivity contribution is -0.119. The van der Waals surface area contributed by atoms with Crippen molar-refractivity contribution in [3.63, 3.8) is 0 Å². The standard InChI is InChI=1S/C18H19N3O2S/c1-3-13(2)23-17-10-9-15(12-19-17)20-18(24)21-16(22)11-14-7-5-4-6-8-14/h3-10,12H,11H2,1-2H3,(H2,20,21,22,24)/b13-3+. The summed E-state index contributed by atoms with van der Waals surface area (Å²) in [4.78, 5) is 16.1. The molecule has 0 bridgehead atoms. The third-order valence-corrected chi connectivity index (χ3v) is 3.33. The van der Waals surface area contributed by atoms with Gasteiger partial charge in [0.05, 0.1) is 24.1 Å². The number of aromatic nitrogens is 1. The number of amides is 1. The molecule has 2 aromatic rings. The molecular formula is C18H19N3O2S. The molecule has 0 spiro atoms. The normalized spacial score (nSPS) is 10.8. The number of thiocarbonyl (C=S) groups is 1. The van der Waals surface area contributed by atoms with E-state index >= 15 is 0 Å². The van der Waals surface area contributed by atoms with Crippen molar-refractivity contribution in [1.29, 1.82) is 0 Å². The van der Waals surface area contributed by atoms with Gasteiger partial charge in [-0.2, -0.15) is 0 Å². The van der Waals surface area contributed by atoms with Crippen LogP contribution in [0.15, 0.2) is 60.5 Å². The second-order valence-corrected chi connectivity index (χ2v) is 5.46. The quantitative estimate of drug-likeness (QED) is 0.644. The molecule has 0 aliphatic carbocycles. The van der Waals surface area contributed by atoms with Crippen molar-refractivity contribution in [2.24, 2.45) is 0 Å². The lowest BCUT2D eigenvalue weighted by Gasteiger charge is -2.10. The molecule has 0 fully saturated rings. The minimum Gasteiger partial charge on any atom is -0.444 e. The Morgan fingerprint density at radius 2 is 2.00 bits per heavy atom. The first-order valence-electron chi connectivity index (χ1n) is 7.48. The number of allylic oxidation sites excluding steroid dienone is 2. The summed E-state index contributed by atoms with van der Waals surface area (Å²) in [7, 11) is 0. The van der Waals surface area contributed by atoms with Crippen molar-refractivity contribution >= 4 is 28.9 Å². The smallest absolute Gasteiger partial charge is 0.230 e. The second kappa shape index (κ2) is 8.79. The molecule has 1 heterocycles. The molecule has 0 saturated carbocycles. The van der Waals surface area contributed by atoms with E-state index in [9.17, 15) is 4.79 Å². The van der Waals surface area contributed by atoms with Crippen molar-refractivity contribution in [2.45, 2.75) is 20.3 Å². The first-order valence-corrected chi connectivity index (χ1v) is 7.89. The molecule has 1 aromatic heterocycles. The molecule has 124 valence electrons. The Morgan fingerprint density at radius 1 is 1.25 bits per heavy atom. The lowest BCUT2D eigenvalue weighted by atomic mass is 10.1. The van der Waals surface area contributed by atoms with E-state index in [1.807, 2.05) is 50.3 Å². The van der Waals surface area contributed by atoms with E-state index < -0.39 is 0 Å². The van der Waals surface area contributed by atoms with Gasteiger partial charge in [-0.05, 0) is 43.8 Å². The molecule has 1 amide bonds. The number of nitrogens with one attached hydrogen (secondary N) is 2. The van der Waals surface area contributed by atoms with Gasteiger partial charge in [-0.1, -0.05) is 30.3 Å². The van der Waals surface area contributed by atoms with Gasteiger partial charge in [-0.25, -0.2) is 4.98 Å². The van der Waals surface area contributed by atoms with Crippen LogP contribution in [0.25, 0.3) is 0 Å². The van der Waals surface area contributed by atoms with Crippen molar-refractivity contribution < 1.29 is 9.53 Å². The molecule has 24 heavy (non-hydrogen) atoms. The van der Waals surface area contributed by atoms with Crippen LogP contribution in [0.3, 0.4) is 0 Å². The molecule has 0 aliphatic heterocycles. The summed E-state index contributed by atoms with van der Waals surface area (Å²) in [6.07, 6.45) is 3.72. The maximum absolute atomic E-state index is 11.9. The van der Waals surface area contributed by atoms with Gasteiger partial charge in [0.15, 0.2) is 5.11 Å². The summed E-state index contributed by atoms with van der Waals surface area (Å²) >= 11 is 5.14. The van der Waals surface area contributed by atoms with Gasteiger partial charge >= 0.3 is 0 Å². The molecule has 0 atom stereocenters. The van der Waals surface area contributed by atoms with Crippen LogP contribution in [0.4, 0.5) is 5.69 Å². The Bertz CT molecular complexity index is 728. The van der Waals surface area contributed by atoms with Crippen molar-refractivity contribution in [2.75, 3.05) is 5.32 Å². The predicted octanol–water partition coefficient (Wildman–Crippen LogP) is 3.44. The summed E-state index contributed by atoms with van der Waals surface area (Å²) in [6, 6.07) is 13.0. The monoisotopic (exact) mass is 341 g/mol. The van der Waals surface area contributed by atoms with Crippen LogP contribution < -0.4 is 15.4 Å². The number of carbonyl (C=O) groups excluding carboxylic acids is 1. The summed E-state index contributed by atoms with van der Waals surface area (Å²) in [5.74, 6) is 1.09. The van der Waals surface area contributed by atoms with Crippen LogP contribution in [-0.2, 0) is 11.2 Å². The number of hydrogen-bond acceptors (Lipinski definition) is 4. The highest BCUT2D eigenvalue weighted by Crippen LogP contribution is 2.13. The molecule has 6 heteroatoms. The minimum absolute atomic E-state index is 0.171. The molecule has 1 aromatic carbocycles. The summed E-state index contributed by atoms with van der Waals surface area (Å²) in [5, 5.41) is 5.80. The third kappa shape index (κ3) is 5.81. The number of nitrogens with zero attached hydrogens (tertiary/aromatic N) is 1. The molecule has 2 rings (SSSR count). The van der Waals surface area contributed by atoms with E-state index in [0.717, 1.165) is 11.3 Å². The largest absolute Gasteiger partial charge is 0.444 e. The van der Waals surface area contributed by atoms with Crippen molar-refractivity contribution in [1.82, 2.24) is 10.3 Å². The molecule has 0 aliphatic rings. The number of benzene rings is 1. The van der Waals surface area contributed by atoms with Gasteiger partial charge in [0, 0.05) is 6.07 Å². The molecule has 5 nitrogen and oxygen atoms in total. The Labute approximate surface area is 146 Å². The first kappa shape index (κ1) is 17.6. The van der Waals surface area contributed by atoms with Crippen LogP contribution in [-0.4, -0.2) is 16.0 Å². The van der Waals surface area contributed by atoms with Gasteiger partial charge in [-0.3, -0.25) is 4.79 Å². The molecule has 0 saturated heterocycles. The fourth-order valence-electron chi connectivity index (χ4n) is 1.85. The average molecular weight is 341 g/mol. The van der Waals surface area contributed by atoms with E-state index in [0.29, 0.717) is 11.6 Å². The van der Waals surface area contributed by atoms with Crippen LogP contribution in [0.5, 0.6) is 5.88 Å². The maximum Gasteiger partial charge on any atom is 0.230 e. The van der Waals surface area contributed by atoms with E-state index in [2.05, 4.69) is 15.6 Å². The van der Waals surface area contributed by atoms with E-state index in [4.69, 9.17) is 17.0 Å². The van der Waals surface area contributed by atoms with E-state index in [1.54, 1.807) is 18.3 Å². The van der Waals surface area contributed by atoms with Crippen molar-refractivity contribution in [3.8, 4) is 5.88 Å². The minimum atomic E-state index is -0.171. The first-order chi connectivity index (χ1) is 11.6. The van der Waals surface area contributed by atoms with Gasteiger partial charge in [0.25, 0.3) is 0 Å². The lowest BCUT2D eigenvalue weighted by Crippen LogP contribution is -2.35. The number of anilines is 1. The van der Waals surface area contributed by atoms with Gasteiger partial charge in [-0.15, -0.1) is 0 Å². The fourth-order valence-corrected chi connectivity index (χ4v) is 2.08. The maximum atomic E-state index is 11.9. The summed E-state index contributed by atoms with van der Waals surface area (Å²) < 4.78 is 5.47. The molecule has 0 radical (unpaired) electrons. The Hall–Kier alpha value is -2.73. The Balaban J connectivity index is 1.84. The van der Waals surface area contributed by atoms with Crippen molar-refractivity contribution in [3.05, 3.63) is 66.1 Å². The number of rotatable bonds is 5. The zero-order chi connectivity index (χ0) is 17.4. The third-order valence-electron chi connectivity index (χ3n) is 3.13. The van der Waals surface area contributed by atoms with E-state index in [1.165, 1.54) is 0 Å². The van der Waals surface area contributed by atoms with Crippen LogP contribution in [0, 0.1) is 0 Å². The number of pyridine rings is 1. The fraction of sp³-hybridized carbons (Fsp3) is 0.167. The zero-order valence-electron chi connectivity index (χ0n) is 13.6. The SMILES string of the molecule is C/C=C(\C)Oc1ccc(NC(=S)NC(=O)Cc2ccccc2)cn1. The number of hydrogen-bond donors (Lipinski definition) is 2. The average Bonchev–Trinajstić information content (AvgIpc) is 2.57. The summed E-state index contributed by atoms with van der Waals surface area (Å²) in [5.41, 5.74) is 1.60. The molecule has 0 unspecified atom stereocenters. The zero-order valence-corrected chi connectivity index (χ0v) is 14.4. The number of ether oxygens (including phenoxy) is 1. The van der Waals surface area contributed by atoms with Crippen LogP contribution >= 0.6 is 12.2 Å². The van der Waals surface area contributed by atoms with Gasteiger partial charge < -0.3 is 15.4 Å². The molecular weight excluding hydrogens is 322 g/mol. The number of carbonyl (C=O) groups is 1. The topological polar surface area (TPSA) is 63.2 Å². The van der Waals surface area contributed by atoms with Crippen LogP contribution in [0.1, 0.15) is 19.4 Å². The van der Waals surface area contributed by atoms with Gasteiger partial charge in [0.2, 0.25) is 11.8 Å². The predicted molar refractivity (Wildman–Crippen MR) is 98.8 cm³/mol. The Kier molecular flexibility index (Phi) is 6.45. The highest BCUT2D eigenvalue weighted by Gasteiger charge is 2.06. The van der Waals surface area contributed by atoms with E-state index in [-0.39, 0.29) is 17.4 Å². The van der Waals surface area contributed by atoms with Gasteiger partial charge in [0.1, 0.15) is 0 Å². The highest BCUT2D eigenvalue weighted by atomic mass is 32.1. The van der Waals surface area contributed by atoms with Crippen LogP contribution in [0.2, 0.25) is 0 Å². The summed E-state index contributed by atoms with van der Waals surface area (Å²) in [6.45, 7) is 3.74. The Morgan fingerprint density at radius 3 is 2.62 bits per heavy atom.